The van der Waals surface area contributed by atoms with E-state index in [4.69, 9.17) is 5.73 Å². The van der Waals surface area contributed by atoms with Crippen LogP contribution in [-0.4, -0.2) is 50.4 Å². The molecule has 0 aliphatic carbocycles. The molecule has 0 aromatic heterocycles. The number of anilines is 1. The Morgan fingerprint density at radius 2 is 1.96 bits per heavy atom. The summed E-state index contributed by atoms with van der Waals surface area (Å²) in [4.78, 5) is 24.6. The lowest BCUT2D eigenvalue weighted by molar-refractivity contribution is -0.274. The number of alkyl halides is 3. The van der Waals surface area contributed by atoms with E-state index >= 15 is 0 Å². The van der Waals surface area contributed by atoms with Crippen LogP contribution in [0.1, 0.15) is 6.42 Å². The fraction of sp³-hybridized carbons (Fsp3) is 0.467. The maximum absolute atomic E-state index is 12.3. The third-order valence-corrected chi connectivity index (χ3v) is 3.60. The van der Waals surface area contributed by atoms with Crippen LogP contribution in [0.2, 0.25) is 0 Å². The molecule has 0 saturated carbocycles. The first kappa shape index (κ1) is 25.1. The largest absolute Gasteiger partial charge is 0.573 e. The fourth-order valence-electron chi connectivity index (χ4n) is 2.52. The van der Waals surface area contributed by atoms with E-state index in [1.807, 2.05) is 4.90 Å². The van der Waals surface area contributed by atoms with Crippen LogP contribution in [0.3, 0.4) is 0 Å². The number of nitrogens with zero attached hydrogens (tertiary/aromatic N) is 1. The van der Waals surface area contributed by atoms with Crippen molar-refractivity contribution in [1.82, 2.24) is 10.6 Å². The summed E-state index contributed by atoms with van der Waals surface area (Å²) in [7, 11) is 0. The molecule has 1 heterocycles. The van der Waals surface area contributed by atoms with Gasteiger partial charge in [-0.25, -0.2) is 0 Å². The zero-order valence-corrected chi connectivity index (χ0v) is 15.8. The summed E-state index contributed by atoms with van der Waals surface area (Å²) in [5.41, 5.74) is 5.70. The molecular formula is C15H21Cl2F3N4O3. The zero-order valence-electron chi connectivity index (χ0n) is 14.1. The van der Waals surface area contributed by atoms with Gasteiger partial charge in [-0.2, -0.15) is 0 Å². The fourth-order valence-corrected chi connectivity index (χ4v) is 2.52. The lowest BCUT2D eigenvalue weighted by atomic mass is 10.2. The number of amides is 2. The highest BCUT2D eigenvalue weighted by atomic mass is 35.5. The van der Waals surface area contributed by atoms with Gasteiger partial charge in [0.15, 0.2) is 0 Å². The number of hydrogen-bond donors (Lipinski definition) is 3. The number of hydrogen-bond acceptors (Lipinski definition) is 5. The molecule has 1 atom stereocenters. The summed E-state index contributed by atoms with van der Waals surface area (Å²) < 4.78 is 40.8. The number of rotatable bonds is 6. The van der Waals surface area contributed by atoms with E-state index in [1.165, 1.54) is 18.2 Å². The Balaban J connectivity index is 0.00000338. The summed E-state index contributed by atoms with van der Waals surface area (Å²) in [6, 6.07) is 5.53. The average molecular weight is 433 g/mol. The van der Waals surface area contributed by atoms with Gasteiger partial charge in [0, 0.05) is 30.9 Å². The molecule has 27 heavy (non-hydrogen) atoms. The van der Waals surface area contributed by atoms with E-state index in [-0.39, 0.29) is 55.6 Å². The minimum absolute atomic E-state index is 0. The molecule has 0 spiro atoms. The molecule has 1 aromatic carbocycles. The van der Waals surface area contributed by atoms with Gasteiger partial charge < -0.3 is 26.0 Å². The average Bonchev–Trinajstić information content (AvgIpc) is 2.99. The van der Waals surface area contributed by atoms with Crippen molar-refractivity contribution in [3.63, 3.8) is 0 Å². The first-order valence-electron chi connectivity index (χ1n) is 7.63. The molecule has 1 saturated heterocycles. The van der Waals surface area contributed by atoms with Gasteiger partial charge in [-0.15, -0.1) is 38.0 Å². The van der Waals surface area contributed by atoms with Crippen molar-refractivity contribution >= 4 is 42.3 Å². The minimum Gasteiger partial charge on any atom is -0.406 e. The number of nitrogens with two attached hydrogens (primary N) is 1. The second kappa shape index (κ2) is 11.1. The van der Waals surface area contributed by atoms with Gasteiger partial charge in [0.05, 0.1) is 13.1 Å². The lowest BCUT2D eigenvalue weighted by Crippen LogP contribution is -2.44. The molecule has 0 bridgehead atoms. The predicted octanol–water partition coefficient (Wildman–Crippen LogP) is 1.20. The molecule has 4 N–H and O–H groups in total. The van der Waals surface area contributed by atoms with Gasteiger partial charge in [0.1, 0.15) is 5.75 Å². The van der Waals surface area contributed by atoms with Crippen LogP contribution in [0.5, 0.6) is 5.75 Å². The Bertz CT molecular complexity index is 635. The van der Waals surface area contributed by atoms with Crippen molar-refractivity contribution in [3.05, 3.63) is 24.3 Å². The number of carbonyl (C=O) groups is 2. The van der Waals surface area contributed by atoms with Crippen molar-refractivity contribution < 1.29 is 27.5 Å². The van der Waals surface area contributed by atoms with Gasteiger partial charge in [-0.3, -0.25) is 9.59 Å². The second-order valence-corrected chi connectivity index (χ2v) is 5.53. The molecule has 154 valence electrons. The van der Waals surface area contributed by atoms with Gasteiger partial charge >= 0.3 is 6.36 Å². The molecule has 1 fully saturated rings. The number of benzene rings is 1. The highest BCUT2D eigenvalue weighted by Crippen LogP contribution is 2.28. The van der Waals surface area contributed by atoms with Gasteiger partial charge in [0.2, 0.25) is 11.8 Å². The monoisotopic (exact) mass is 432 g/mol. The zero-order chi connectivity index (χ0) is 18.4. The lowest BCUT2D eigenvalue weighted by Gasteiger charge is -2.20. The summed E-state index contributed by atoms with van der Waals surface area (Å²) in [5, 5.41) is 5.13. The van der Waals surface area contributed by atoms with Gasteiger partial charge in [0.25, 0.3) is 0 Å². The molecule has 1 aliphatic rings. The quantitative estimate of drug-likeness (QED) is 0.627. The van der Waals surface area contributed by atoms with Crippen LogP contribution in [0.15, 0.2) is 24.3 Å². The van der Waals surface area contributed by atoms with Gasteiger partial charge in [-0.05, 0) is 18.6 Å². The van der Waals surface area contributed by atoms with Crippen LogP contribution >= 0.6 is 24.8 Å². The Hall–Kier alpha value is -1.91. The predicted molar refractivity (Wildman–Crippen MR) is 98.4 cm³/mol. The number of halogens is 5. The van der Waals surface area contributed by atoms with E-state index in [9.17, 15) is 22.8 Å². The van der Waals surface area contributed by atoms with E-state index in [0.717, 1.165) is 0 Å². The third kappa shape index (κ3) is 8.55. The highest BCUT2D eigenvalue weighted by Gasteiger charge is 2.31. The molecule has 0 radical (unpaired) electrons. The normalized spacial score (nSPS) is 16.0. The summed E-state index contributed by atoms with van der Waals surface area (Å²) >= 11 is 0. The Labute approximate surface area is 166 Å². The highest BCUT2D eigenvalue weighted by molar-refractivity contribution is 5.86. The van der Waals surface area contributed by atoms with E-state index in [0.29, 0.717) is 25.2 Å². The number of nitrogens with one attached hydrogen (secondary N) is 2. The van der Waals surface area contributed by atoms with Crippen molar-refractivity contribution in [3.8, 4) is 5.75 Å². The minimum atomic E-state index is -4.74. The number of ether oxygens (including phenoxy) is 1. The van der Waals surface area contributed by atoms with Crippen molar-refractivity contribution in [1.29, 1.82) is 0 Å². The van der Waals surface area contributed by atoms with E-state index in [1.54, 1.807) is 6.07 Å². The maximum atomic E-state index is 12.3. The third-order valence-electron chi connectivity index (χ3n) is 3.60. The SMILES string of the molecule is Cl.Cl.NCC(=O)NCC(=O)NC1CCN(c2cccc(OC(F)(F)F)c2)C1. The standard InChI is InChI=1S/C15H19F3N4O3.2ClH/c16-15(17,18)25-12-3-1-2-11(6-12)22-5-4-10(9-22)21-14(24)8-20-13(23)7-19;;/h1-3,6,10H,4-5,7-9,19H2,(H,20,23)(H,21,24);2*1H. The Kier molecular flexibility index (Phi) is 10.3. The molecule has 2 rings (SSSR count). The molecule has 12 heteroatoms. The summed E-state index contributed by atoms with van der Waals surface area (Å²) in [6.07, 6.45) is -4.10. The summed E-state index contributed by atoms with van der Waals surface area (Å²) in [6.45, 7) is 0.671. The van der Waals surface area contributed by atoms with Crippen molar-refractivity contribution in [2.45, 2.75) is 18.8 Å². The molecule has 7 nitrogen and oxygen atoms in total. The van der Waals surface area contributed by atoms with Gasteiger partial charge in [-0.1, -0.05) is 6.07 Å². The molecule has 1 unspecified atom stereocenters. The molecule has 1 aliphatic heterocycles. The number of carbonyl (C=O) groups excluding carboxylic acids is 2. The topological polar surface area (TPSA) is 96.7 Å². The first-order valence-corrected chi connectivity index (χ1v) is 7.63. The van der Waals surface area contributed by atoms with Crippen LogP contribution in [0, 0.1) is 0 Å². The summed E-state index contributed by atoms with van der Waals surface area (Å²) in [5.74, 6) is -1.06. The van der Waals surface area contributed by atoms with Crippen LogP contribution < -0.4 is 26.0 Å². The maximum Gasteiger partial charge on any atom is 0.573 e. The Morgan fingerprint density at radius 1 is 1.26 bits per heavy atom. The molecular weight excluding hydrogens is 412 g/mol. The van der Waals surface area contributed by atoms with E-state index in [2.05, 4.69) is 15.4 Å². The van der Waals surface area contributed by atoms with Crippen molar-refractivity contribution in [2.75, 3.05) is 31.1 Å². The molecule has 2 amide bonds. The van der Waals surface area contributed by atoms with E-state index < -0.39 is 12.3 Å². The Morgan fingerprint density at radius 3 is 2.59 bits per heavy atom. The first-order chi connectivity index (χ1) is 11.8. The second-order valence-electron chi connectivity index (χ2n) is 5.53. The molecule has 1 aromatic rings. The van der Waals surface area contributed by atoms with Crippen molar-refractivity contribution in [2.24, 2.45) is 5.73 Å². The van der Waals surface area contributed by atoms with Crippen LogP contribution in [0.25, 0.3) is 0 Å². The van der Waals surface area contributed by atoms with Crippen LogP contribution in [0.4, 0.5) is 18.9 Å². The van der Waals surface area contributed by atoms with Crippen LogP contribution in [-0.2, 0) is 9.59 Å². The smallest absolute Gasteiger partial charge is 0.406 e.